The SMILES string of the molecule is CC(C)(O)C(C)(C(F)(F)F)C(F)(F)F. The molecule has 0 aromatic carbocycles. The zero-order valence-corrected chi connectivity index (χ0v) is 7.72. The van der Waals surface area contributed by atoms with Gasteiger partial charge >= 0.3 is 12.4 Å². The van der Waals surface area contributed by atoms with Crippen LogP contribution in [0.5, 0.6) is 0 Å². The number of halogens is 6. The van der Waals surface area contributed by atoms with Crippen molar-refractivity contribution in [1.82, 2.24) is 0 Å². The zero-order valence-electron chi connectivity index (χ0n) is 7.72. The third kappa shape index (κ3) is 1.82. The Labute approximate surface area is 76.7 Å². The Balaban J connectivity index is 5.54. The van der Waals surface area contributed by atoms with Gasteiger partial charge in [-0.25, -0.2) is 0 Å². The molecule has 0 saturated carbocycles. The first-order valence-corrected chi connectivity index (χ1v) is 3.61. The second-order valence-electron chi connectivity index (χ2n) is 3.68. The van der Waals surface area contributed by atoms with Crippen LogP contribution in [-0.4, -0.2) is 23.1 Å². The van der Waals surface area contributed by atoms with Crippen molar-refractivity contribution < 1.29 is 31.4 Å². The van der Waals surface area contributed by atoms with Gasteiger partial charge in [-0.1, -0.05) is 0 Å². The molecule has 7 heteroatoms. The smallest absolute Gasteiger partial charge is 0.389 e. The van der Waals surface area contributed by atoms with E-state index < -0.39 is 23.4 Å². The van der Waals surface area contributed by atoms with E-state index in [1.807, 2.05) is 0 Å². The van der Waals surface area contributed by atoms with Gasteiger partial charge < -0.3 is 5.11 Å². The van der Waals surface area contributed by atoms with Crippen molar-refractivity contribution in [2.75, 3.05) is 0 Å². The van der Waals surface area contributed by atoms with Gasteiger partial charge in [-0.05, 0) is 20.8 Å². The summed E-state index contributed by atoms with van der Waals surface area (Å²) in [7, 11) is 0. The molecule has 1 nitrogen and oxygen atoms in total. The first-order chi connectivity index (χ1) is 5.75. The molecule has 0 bridgehead atoms. The van der Waals surface area contributed by atoms with Crippen LogP contribution in [0.4, 0.5) is 26.3 Å². The average Bonchev–Trinajstić information content (AvgIpc) is 1.77. The van der Waals surface area contributed by atoms with E-state index in [-0.39, 0.29) is 6.92 Å². The number of hydrogen-bond acceptors (Lipinski definition) is 1. The molecule has 0 amide bonds. The lowest BCUT2D eigenvalue weighted by molar-refractivity contribution is -0.376. The van der Waals surface area contributed by atoms with E-state index in [4.69, 9.17) is 5.11 Å². The first-order valence-electron chi connectivity index (χ1n) is 3.61. The van der Waals surface area contributed by atoms with Gasteiger partial charge in [-0.3, -0.25) is 0 Å². The Morgan fingerprint density at radius 3 is 0.929 bits per heavy atom. The largest absolute Gasteiger partial charge is 0.405 e. The molecule has 0 spiro atoms. The molecule has 0 aliphatic rings. The molecule has 0 radical (unpaired) electrons. The highest BCUT2D eigenvalue weighted by Crippen LogP contribution is 2.55. The predicted octanol–water partition coefficient (Wildman–Crippen LogP) is 2.89. The minimum Gasteiger partial charge on any atom is -0.389 e. The fraction of sp³-hybridized carbons (Fsp3) is 1.00. The van der Waals surface area contributed by atoms with Crippen LogP contribution >= 0.6 is 0 Å². The molecular formula is C7H10F6O. The van der Waals surface area contributed by atoms with Crippen molar-refractivity contribution in [3.63, 3.8) is 0 Å². The lowest BCUT2D eigenvalue weighted by atomic mass is 9.74. The van der Waals surface area contributed by atoms with Crippen LogP contribution in [0.25, 0.3) is 0 Å². The maximum absolute atomic E-state index is 12.2. The van der Waals surface area contributed by atoms with Gasteiger partial charge in [0, 0.05) is 0 Å². The van der Waals surface area contributed by atoms with E-state index in [9.17, 15) is 26.3 Å². The molecule has 0 fully saturated rings. The van der Waals surface area contributed by atoms with Gasteiger partial charge in [0.25, 0.3) is 0 Å². The summed E-state index contributed by atoms with van der Waals surface area (Å²) in [4.78, 5) is 0. The van der Waals surface area contributed by atoms with Crippen LogP contribution in [0.3, 0.4) is 0 Å². The van der Waals surface area contributed by atoms with Gasteiger partial charge in [-0.2, -0.15) is 26.3 Å². The zero-order chi connectivity index (χ0) is 12.0. The van der Waals surface area contributed by atoms with E-state index in [2.05, 4.69) is 0 Å². The summed E-state index contributed by atoms with van der Waals surface area (Å²) in [6.07, 6.45) is -11.1. The molecule has 0 aromatic rings. The monoisotopic (exact) mass is 224 g/mol. The number of alkyl halides is 6. The van der Waals surface area contributed by atoms with E-state index in [1.54, 1.807) is 0 Å². The molecule has 0 saturated heterocycles. The highest BCUT2D eigenvalue weighted by molar-refractivity contribution is 5.00. The van der Waals surface area contributed by atoms with Crippen LogP contribution in [-0.2, 0) is 0 Å². The van der Waals surface area contributed by atoms with Crippen LogP contribution in [0.15, 0.2) is 0 Å². The molecule has 1 N–H and O–H groups in total. The molecule has 0 aliphatic heterocycles. The first kappa shape index (κ1) is 13.5. The van der Waals surface area contributed by atoms with Crippen molar-refractivity contribution in [1.29, 1.82) is 0 Å². The van der Waals surface area contributed by atoms with Gasteiger partial charge in [0.15, 0.2) is 5.41 Å². The maximum Gasteiger partial charge on any atom is 0.405 e. The van der Waals surface area contributed by atoms with Crippen molar-refractivity contribution >= 4 is 0 Å². The third-order valence-corrected chi connectivity index (χ3v) is 2.36. The minimum atomic E-state index is -5.55. The Hall–Kier alpha value is -0.460. The average molecular weight is 224 g/mol. The van der Waals surface area contributed by atoms with Crippen LogP contribution in [0.2, 0.25) is 0 Å². The minimum absolute atomic E-state index is 0.0625. The summed E-state index contributed by atoms with van der Waals surface area (Å²) in [6, 6.07) is 0. The van der Waals surface area contributed by atoms with Crippen molar-refractivity contribution in [3.8, 4) is 0 Å². The van der Waals surface area contributed by atoms with Crippen LogP contribution in [0, 0.1) is 5.41 Å². The van der Waals surface area contributed by atoms with E-state index in [0.717, 1.165) is 0 Å². The molecular weight excluding hydrogens is 214 g/mol. The summed E-state index contributed by atoms with van der Waals surface area (Å²) in [5.41, 5.74) is -7.06. The van der Waals surface area contributed by atoms with Crippen LogP contribution < -0.4 is 0 Å². The van der Waals surface area contributed by atoms with Crippen molar-refractivity contribution in [3.05, 3.63) is 0 Å². The fourth-order valence-corrected chi connectivity index (χ4v) is 0.854. The fourth-order valence-electron chi connectivity index (χ4n) is 0.854. The van der Waals surface area contributed by atoms with E-state index in [1.165, 1.54) is 0 Å². The van der Waals surface area contributed by atoms with E-state index >= 15 is 0 Å². The summed E-state index contributed by atoms with van der Waals surface area (Å²) in [5.74, 6) is 0. The Bertz CT molecular complexity index is 172. The third-order valence-electron chi connectivity index (χ3n) is 2.36. The van der Waals surface area contributed by atoms with Crippen molar-refractivity contribution in [2.45, 2.75) is 38.7 Å². The van der Waals surface area contributed by atoms with Gasteiger partial charge in [0.2, 0.25) is 0 Å². The summed E-state index contributed by atoms with van der Waals surface area (Å²) in [6.45, 7) is 0.898. The summed E-state index contributed by atoms with van der Waals surface area (Å²) in [5, 5.41) is 8.97. The maximum atomic E-state index is 12.2. The molecule has 86 valence electrons. The van der Waals surface area contributed by atoms with Crippen molar-refractivity contribution in [2.24, 2.45) is 5.41 Å². The molecule has 14 heavy (non-hydrogen) atoms. The Morgan fingerprint density at radius 2 is 0.929 bits per heavy atom. The normalized spacial score (nSPS) is 15.9. The molecule has 0 aromatic heterocycles. The molecule has 0 rings (SSSR count). The Kier molecular flexibility index (Phi) is 2.91. The van der Waals surface area contributed by atoms with Gasteiger partial charge in [0.1, 0.15) is 0 Å². The topological polar surface area (TPSA) is 20.2 Å². The predicted molar refractivity (Wildman–Crippen MR) is 36.5 cm³/mol. The molecule has 0 heterocycles. The lowest BCUT2D eigenvalue weighted by Gasteiger charge is -2.42. The van der Waals surface area contributed by atoms with Crippen LogP contribution in [0.1, 0.15) is 20.8 Å². The van der Waals surface area contributed by atoms with Gasteiger partial charge in [-0.15, -0.1) is 0 Å². The van der Waals surface area contributed by atoms with E-state index in [0.29, 0.717) is 13.8 Å². The number of aliphatic hydroxyl groups is 1. The number of hydrogen-bond donors (Lipinski definition) is 1. The lowest BCUT2D eigenvalue weighted by Crippen LogP contribution is -2.60. The molecule has 0 unspecified atom stereocenters. The Morgan fingerprint density at radius 1 is 0.714 bits per heavy atom. The van der Waals surface area contributed by atoms with Gasteiger partial charge in [0.05, 0.1) is 5.60 Å². The number of rotatable bonds is 1. The highest BCUT2D eigenvalue weighted by atomic mass is 19.4. The summed E-state index contributed by atoms with van der Waals surface area (Å²) >= 11 is 0. The summed E-state index contributed by atoms with van der Waals surface area (Å²) < 4.78 is 73.3. The molecule has 0 aliphatic carbocycles. The highest BCUT2D eigenvalue weighted by Gasteiger charge is 2.73. The molecule has 0 atom stereocenters. The second kappa shape index (κ2) is 3.01. The second-order valence-corrected chi connectivity index (χ2v) is 3.68. The quantitative estimate of drug-likeness (QED) is 0.679. The standard InChI is InChI=1S/C7H10F6O/c1-4(2,14)5(3,6(8,9)10)7(11,12)13/h14H,1-3H3.